The Kier molecular flexibility index (Phi) is 6.03. The number of aromatic nitrogens is 2. The third-order valence-corrected chi connectivity index (χ3v) is 9.84. The summed E-state index contributed by atoms with van der Waals surface area (Å²) in [4.78, 5) is 14.4. The molecule has 212 valence electrons. The average Bonchev–Trinajstić information content (AvgIpc) is 3.69. The van der Waals surface area contributed by atoms with Crippen LogP contribution in [0.2, 0.25) is 0 Å². The van der Waals surface area contributed by atoms with Crippen molar-refractivity contribution in [2.45, 2.75) is 19.3 Å². The van der Waals surface area contributed by atoms with Crippen LogP contribution in [0.3, 0.4) is 0 Å². The van der Waals surface area contributed by atoms with Gasteiger partial charge in [0.2, 0.25) is 0 Å². The number of benzene rings is 3. The summed E-state index contributed by atoms with van der Waals surface area (Å²) in [7, 11) is 0. The van der Waals surface area contributed by atoms with Gasteiger partial charge in [0.15, 0.2) is 0 Å². The smallest absolute Gasteiger partial charge is 0.131 e. The lowest BCUT2D eigenvalue weighted by atomic mass is 9.71. The molecule has 0 saturated carbocycles. The number of hydrogen-bond donors (Lipinski definition) is 0. The summed E-state index contributed by atoms with van der Waals surface area (Å²) < 4.78 is 0. The second-order valence-corrected chi connectivity index (χ2v) is 12.4. The third-order valence-electron chi connectivity index (χ3n) is 8.72. The molecule has 0 amide bonds. The van der Waals surface area contributed by atoms with Crippen molar-refractivity contribution in [2.24, 2.45) is 0 Å². The fourth-order valence-electron chi connectivity index (χ4n) is 6.92. The molecule has 0 fully saturated rings. The van der Waals surface area contributed by atoms with Crippen molar-refractivity contribution in [3.63, 3.8) is 0 Å². The Hall–Kier alpha value is -5.82. The summed E-state index contributed by atoms with van der Waals surface area (Å²) in [6.45, 7) is 4.03. The van der Waals surface area contributed by atoms with Crippen molar-refractivity contribution in [2.75, 3.05) is 4.90 Å². The molecule has 0 unspecified atom stereocenters. The zero-order valence-corrected chi connectivity index (χ0v) is 25.4. The molecule has 0 radical (unpaired) electrons. The Morgan fingerprint density at radius 3 is 1.80 bits per heavy atom. The number of thiophene rings is 1. The van der Waals surface area contributed by atoms with Crippen LogP contribution in [0.15, 0.2) is 115 Å². The molecular formula is C39H25N5S. The van der Waals surface area contributed by atoms with Crippen molar-refractivity contribution in [1.29, 1.82) is 10.5 Å². The minimum absolute atomic E-state index is 0.0858. The Morgan fingerprint density at radius 2 is 1.24 bits per heavy atom. The highest BCUT2D eigenvalue weighted by molar-refractivity contribution is 7.16. The maximum absolute atomic E-state index is 9.52. The van der Waals surface area contributed by atoms with E-state index < -0.39 is 5.41 Å². The van der Waals surface area contributed by atoms with Crippen LogP contribution >= 0.6 is 11.3 Å². The second-order valence-electron chi connectivity index (χ2n) is 11.4. The van der Waals surface area contributed by atoms with Gasteiger partial charge >= 0.3 is 0 Å². The van der Waals surface area contributed by atoms with Gasteiger partial charge in [-0.25, -0.2) is 0 Å². The van der Waals surface area contributed by atoms with Crippen molar-refractivity contribution >= 4 is 34.5 Å². The first-order chi connectivity index (χ1) is 22.0. The first kappa shape index (κ1) is 26.8. The number of rotatable bonds is 4. The Bertz CT molecular complexity index is 2160. The standard InChI is InChI=1S/C39H25N5S/c1-24-13-17-32-36(42-24)37-33(18-14-25(2)43-37)39(32)34-20-29(44(27-9-5-3-6-10-27)28-11-7-4-8-12-28)15-16-31(34)38-35(39)21-30(45-38)19-26(22-40)23-41/h3-21H,1-2H3. The number of para-hydroxylation sites is 2. The van der Waals surface area contributed by atoms with E-state index >= 15 is 0 Å². The van der Waals surface area contributed by atoms with Crippen molar-refractivity contribution in [3.8, 4) is 34.0 Å². The monoisotopic (exact) mass is 595 g/mol. The molecule has 2 aliphatic rings. The Morgan fingerprint density at radius 1 is 0.667 bits per heavy atom. The molecule has 0 aliphatic heterocycles. The molecule has 45 heavy (non-hydrogen) atoms. The molecule has 8 rings (SSSR count). The van der Waals surface area contributed by atoms with Gasteiger partial charge in [-0.15, -0.1) is 11.3 Å². The van der Waals surface area contributed by atoms with Crippen LogP contribution < -0.4 is 4.90 Å². The van der Waals surface area contributed by atoms with Crippen LogP contribution in [0.4, 0.5) is 17.1 Å². The number of aryl methyl sites for hydroxylation is 2. The summed E-state index contributed by atoms with van der Waals surface area (Å²) >= 11 is 1.61. The highest BCUT2D eigenvalue weighted by Crippen LogP contribution is 2.64. The van der Waals surface area contributed by atoms with Crippen LogP contribution in [-0.4, -0.2) is 9.97 Å². The Balaban J connectivity index is 1.46. The van der Waals surface area contributed by atoms with Crippen LogP contribution in [0.25, 0.3) is 27.9 Å². The summed E-state index contributed by atoms with van der Waals surface area (Å²) in [5.41, 5.74) is 11.9. The molecule has 0 saturated heterocycles. The fourth-order valence-corrected chi connectivity index (χ4v) is 8.12. The molecule has 3 aromatic heterocycles. The van der Waals surface area contributed by atoms with E-state index in [1.807, 2.05) is 38.1 Å². The zero-order chi connectivity index (χ0) is 30.7. The van der Waals surface area contributed by atoms with E-state index in [0.29, 0.717) is 0 Å². The normalized spacial score (nSPS) is 12.8. The lowest BCUT2D eigenvalue weighted by Crippen LogP contribution is -2.26. The number of hydrogen-bond acceptors (Lipinski definition) is 6. The molecule has 6 aromatic rings. The van der Waals surface area contributed by atoms with E-state index in [-0.39, 0.29) is 5.57 Å². The van der Waals surface area contributed by atoms with E-state index in [1.165, 1.54) is 5.56 Å². The largest absolute Gasteiger partial charge is 0.310 e. The van der Waals surface area contributed by atoms with E-state index in [9.17, 15) is 10.5 Å². The second kappa shape index (κ2) is 10.1. The number of allylic oxidation sites excluding steroid dienone is 1. The highest BCUT2D eigenvalue weighted by atomic mass is 32.1. The predicted octanol–water partition coefficient (Wildman–Crippen LogP) is 9.40. The lowest BCUT2D eigenvalue weighted by molar-refractivity contribution is 0.789. The van der Waals surface area contributed by atoms with Gasteiger partial charge in [0.1, 0.15) is 17.7 Å². The molecule has 0 atom stereocenters. The van der Waals surface area contributed by atoms with Crippen molar-refractivity contribution in [3.05, 3.63) is 153 Å². The summed E-state index contributed by atoms with van der Waals surface area (Å²) in [5, 5.41) is 19.0. The number of nitriles is 2. The maximum Gasteiger partial charge on any atom is 0.131 e. The zero-order valence-electron chi connectivity index (χ0n) is 24.6. The number of fused-ring (bicyclic) bond motifs is 10. The molecule has 5 nitrogen and oxygen atoms in total. The van der Waals surface area contributed by atoms with Gasteiger partial charge in [-0.2, -0.15) is 10.5 Å². The van der Waals surface area contributed by atoms with Gasteiger partial charge in [-0.05, 0) is 102 Å². The van der Waals surface area contributed by atoms with Crippen molar-refractivity contribution in [1.82, 2.24) is 9.97 Å². The fraction of sp³-hybridized carbons (Fsp3) is 0.0769. The lowest BCUT2D eigenvalue weighted by Gasteiger charge is -2.31. The third kappa shape index (κ3) is 3.90. The molecule has 6 heteroatoms. The van der Waals surface area contributed by atoms with Gasteiger partial charge < -0.3 is 4.90 Å². The van der Waals surface area contributed by atoms with Gasteiger partial charge in [0, 0.05) is 38.2 Å². The Labute approximate surface area is 265 Å². The molecule has 1 spiro atoms. The van der Waals surface area contributed by atoms with Gasteiger partial charge in [0.25, 0.3) is 0 Å². The first-order valence-corrected chi connectivity index (χ1v) is 15.5. The van der Waals surface area contributed by atoms with Crippen LogP contribution in [0.1, 0.15) is 38.5 Å². The highest BCUT2D eigenvalue weighted by Gasteiger charge is 2.54. The maximum atomic E-state index is 9.52. The molecule has 3 heterocycles. The number of anilines is 3. The minimum atomic E-state index is -0.659. The van der Waals surface area contributed by atoms with Crippen LogP contribution in [-0.2, 0) is 5.41 Å². The topological polar surface area (TPSA) is 76.6 Å². The quantitative estimate of drug-likeness (QED) is 0.189. The van der Waals surface area contributed by atoms with Gasteiger partial charge in [0.05, 0.1) is 16.8 Å². The molecule has 0 bridgehead atoms. The van der Waals surface area contributed by atoms with Crippen LogP contribution in [0, 0.1) is 36.5 Å². The van der Waals surface area contributed by atoms with Gasteiger partial charge in [-0.1, -0.05) is 54.6 Å². The minimum Gasteiger partial charge on any atom is -0.310 e. The van der Waals surface area contributed by atoms with Gasteiger partial charge in [-0.3, -0.25) is 9.97 Å². The van der Waals surface area contributed by atoms with Crippen LogP contribution in [0.5, 0.6) is 0 Å². The predicted molar refractivity (Wildman–Crippen MR) is 180 cm³/mol. The average molecular weight is 596 g/mol. The molecule has 0 N–H and O–H groups in total. The van der Waals surface area contributed by atoms with E-state index in [2.05, 4.69) is 102 Å². The summed E-state index contributed by atoms with van der Waals surface area (Å²) in [5.74, 6) is 0. The van der Waals surface area contributed by atoms with Crippen molar-refractivity contribution < 1.29 is 0 Å². The first-order valence-electron chi connectivity index (χ1n) is 14.7. The number of nitrogens with zero attached hydrogens (tertiary/aromatic N) is 5. The van der Waals surface area contributed by atoms with E-state index in [0.717, 1.165) is 71.8 Å². The van der Waals surface area contributed by atoms with E-state index in [1.54, 1.807) is 17.4 Å². The molecule has 2 aliphatic carbocycles. The van der Waals surface area contributed by atoms with E-state index in [4.69, 9.17) is 9.97 Å². The molecular weight excluding hydrogens is 571 g/mol. The summed E-state index contributed by atoms with van der Waals surface area (Å²) in [6.07, 6.45) is 1.69. The summed E-state index contributed by atoms with van der Waals surface area (Å²) in [6, 6.07) is 42.4. The molecule has 3 aromatic carbocycles. The number of pyridine rings is 2. The SMILES string of the molecule is Cc1ccc2c(n1)-c1nc(C)ccc1C21c2cc(N(c3ccccc3)c3ccccc3)ccc2-c2sc(C=C(C#N)C#N)cc21.